The number of aromatic nitrogens is 2. The van der Waals surface area contributed by atoms with Crippen molar-refractivity contribution >= 4 is 42.1 Å². The highest BCUT2D eigenvalue weighted by atomic mass is 35.5. The molecule has 0 aliphatic carbocycles. The number of thiazole rings is 1. The predicted octanol–water partition coefficient (Wildman–Crippen LogP) is 2.39. The number of hydrogen-bond donors (Lipinski definition) is 2. The molecular formula is C13H18Cl2N4OS. The van der Waals surface area contributed by atoms with E-state index in [2.05, 4.69) is 20.6 Å². The van der Waals surface area contributed by atoms with E-state index in [4.69, 9.17) is 0 Å². The van der Waals surface area contributed by atoms with Crippen LogP contribution in [0, 0.1) is 0 Å². The Hall–Kier alpha value is -1.21. The molecule has 5 nitrogen and oxygen atoms in total. The lowest BCUT2D eigenvalue weighted by molar-refractivity contribution is 0.0954. The normalized spacial score (nSPS) is 11.0. The van der Waals surface area contributed by atoms with E-state index in [1.165, 1.54) is 11.3 Å². The van der Waals surface area contributed by atoms with Crippen molar-refractivity contribution in [2.45, 2.75) is 13.0 Å². The third-order valence-corrected chi connectivity index (χ3v) is 3.69. The molecule has 0 bridgehead atoms. The lowest BCUT2D eigenvalue weighted by Gasteiger charge is -2.10. The van der Waals surface area contributed by atoms with Crippen LogP contribution in [0.3, 0.4) is 0 Å². The van der Waals surface area contributed by atoms with Crippen LogP contribution in [-0.2, 0) is 0 Å². The van der Waals surface area contributed by atoms with E-state index in [0.29, 0.717) is 11.4 Å². The van der Waals surface area contributed by atoms with Gasteiger partial charge in [-0.2, -0.15) is 0 Å². The summed E-state index contributed by atoms with van der Waals surface area (Å²) in [5.74, 6) is -0.0956. The first-order valence-corrected chi connectivity index (χ1v) is 6.85. The van der Waals surface area contributed by atoms with Crippen molar-refractivity contribution in [2.24, 2.45) is 0 Å². The zero-order valence-corrected chi connectivity index (χ0v) is 14.1. The van der Waals surface area contributed by atoms with Crippen LogP contribution < -0.4 is 10.6 Å². The maximum atomic E-state index is 11.9. The second-order valence-electron chi connectivity index (χ2n) is 4.14. The van der Waals surface area contributed by atoms with Gasteiger partial charge in [-0.15, -0.1) is 36.2 Å². The minimum absolute atomic E-state index is 0. The van der Waals surface area contributed by atoms with Gasteiger partial charge in [-0.05, 0) is 26.1 Å². The smallest absolute Gasteiger partial charge is 0.263 e. The zero-order valence-electron chi connectivity index (χ0n) is 11.7. The van der Waals surface area contributed by atoms with Crippen LogP contribution in [0.5, 0.6) is 0 Å². The van der Waals surface area contributed by atoms with Crippen LogP contribution in [-0.4, -0.2) is 35.5 Å². The molecule has 0 aromatic carbocycles. The summed E-state index contributed by atoms with van der Waals surface area (Å²) in [7, 11) is 1.86. The number of nitrogens with one attached hydrogen (secondary N) is 2. The van der Waals surface area contributed by atoms with Crippen molar-refractivity contribution in [3.05, 3.63) is 35.5 Å². The molecular weight excluding hydrogens is 331 g/mol. The molecule has 0 aliphatic rings. The highest BCUT2D eigenvalue weighted by Gasteiger charge is 2.12. The van der Waals surface area contributed by atoms with E-state index >= 15 is 0 Å². The van der Waals surface area contributed by atoms with Gasteiger partial charge in [-0.25, -0.2) is 4.98 Å². The average molecular weight is 349 g/mol. The first-order valence-electron chi connectivity index (χ1n) is 6.03. The summed E-state index contributed by atoms with van der Waals surface area (Å²) < 4.78 is 0. The quantitative estimate of drug-likeness (QED) is 0.870. The first-order chi connectivity index (χ1) is 9.20. The molecule has 2 heterocycles. The van der Waals surface area contributed by atoms with E-state index in [1.54, 1.807) is 12.4 Å². The molecule has 0 saturated heterocycles. The van der Waals surface area contributed by atoms with Crippen LogP contribution in [0.4, 0.5) is 0 Å². The molecule has 0 saturated carbocycles. The Balaban J connectivity index is 0.00000200. The van der Waals surface area contributed by atoms with Gasteiger partial charge in [0.2, 0.25) is 0 Å². The summed E-state index contributed by atoms with van der Waals surface area (Å²) in [6, 6.07) is 5.87. The fourth-order valence-corrected chi connectivity index (χ4v) is 2.23. The fraction of sp³-hybridized carbons (Fsp3) is 0.308. The lowest BCUT2D eigenvalue weighted by atomic mass is 10.3. The monoisotopic (exact) mass is 348 g/mol. The number of hydrogen-bond acceptors (Lipinski definition) is 5. The zero-order chi connectivity index (χ0) is 13.7. The van der Waals surface area contributed by atoms with E-state index in [9.17, 15) is 4.79 Å². The molecule has 2 rings (SSSR count). The Morgan fingerprint density at radius 1 is 1.33 bits per heavy atom. The van der Waals surface area contributed by atoms with Gasteiger partial charge >= 0.3 is 0 Å². The third kappa shape index (κ3) is 5.59. The molecule has 2 N–H and O–H groups in total. The molecule has 8 heteroatoms. The van der Waals surface area contributed by atoms with Gasteiger partial charge in [0, 0.05) is 18.8 Å². The van der Waals surface area contributed by atoms with Crippen LogP contribution in [0.1, 0.15) is 16.6 Å². The van der Waals surface area contributed by atoms with Crippen LogP contribution in [0.15, 0.2) is 30.6 Å². The van der Waals surface area contributed by atoms with Crippen LogP contribution in [0.25, 0.3) is 10.7 Å². The molecule has 2 aromatic rings. The van der Waals surface area contributed by atoms with Gasteiger partial charge in [-0.1, -0.05) is 6.07 Å². The number of pyridine rings is 1. The van der Waals surface area contributed by atoms with Gasteiger partial charge in [0.15, 0.2) is 0 Å². The second-order valence-corrected chi connectivity index (χ2v) is 5.18. The molecule has 1 amide bonds. The fourth-order valence-electron chi connectivity index (χ4n) is 1.42. The topological polar surface area (TPSA) is 66.9 Å². The Morgan fingerprint density at radius 2 is 2.10 bits per heavy atom. The number of carbonyl (C=O) groups is 1. The molecule has 116 valence electrons. The highest BCUT2D eigenvalue weighted by Crippen LogP contribution is 2.22. The van der Waals surface area contributed by atoms with E-state index in [1.807, 2.05) is 32.2 Å². The number of nitrogens with zero attached hydrogens (tertiary/aromatic N) is 2. The molecule has 0 radical (unpaired) electrons. The van der Waals surface area contributed by atoms with E-state index in [-0.39, 0.29) is 36.8 Å². The Morgan fingerprint density at radius 3 is 2.71 bits per heavy atom. The maximum absolute atomic E-state index is 11.9. The van der Waals surface area contributed by atoms with Crippen LogP contribution in [0.2, 0.25) is 0 Å². The Bertz CT molecular complexity index is 550. The summed E-state index contributed by atoms with van der Waals surface area (Å²) in [5, 5.41) is 6.69. The average Bonchev–Trinajstić information content (AvgIpc) is 2.95. The highest BCUT2D eigenvalue weighted by molar-refractivity contribution is 7.16. The lowest BCUT2D eigenvalue weighted by Crippen LogP contribution is -2.36. The van der Waals surface area contributed by atoms with Gasteiger partial charge in [0.25, 0.3) is 5.91 Å². The molecule has 1 unspecified atom stereocenters. The number of rotatable bonds is 5. The third-order valence-electron chi connectivity index (χ3n) is 2.68. The second kappa shape index (κ2) is 9.68. The minimum Gasteiger partial charge on any atom is -0.350 e. The van der Waals surface area contributed by atoms with Crippen molar-refractivity contribution in [2.75, 3.05) is 13.6 Å². The summed E-state index contributed by atoms with van der Waals surface area (Å²) in [6.07, 6.45) is 3.30. The summed E-state index contributed by atoms with van der Waals surface area (Å²) in [6.45, 7) is 2.60. The number of halogens is 2. The molecule has 2 aromatic heterocycles. The van der Waals surface area contributed by atoms with Crippen molar-refractivity contribution in [1.29, 1.82) is 0 Å². The SMILES string of the molecule is CNC(C)CNC(=O)c1cnc(-c2ccccn2)s1.Cl.Cl. The van der Waals surface area contributed by atoms with Crippen molar-refractivity contribution in [1.82, 2.24) is 20.6 Å². The first kappa shape index (κ1) is 19.8. The minimum atomic E-state index is -0.0956. The largest absolute Gasteiger partial charge is 0.350 e. The van der Waals surface area contributed by atoms with Crippen molar-refractivity contribution in [3.8, 4) is 10.7 Å². The summed E-state index contributed by atoms with van der Waals surface area (Å²) in [5.41, 5.74) is 0.787. The molecule has 1 atom stereocenters. The van der Waals surface area contributed by atoms with Gasteiger partial charge in [0.1, 0.15) is 9.88 Å². The Kier molecular flexibility index (Phi) is 9.12. The van der Waals surface area contributed by atoms with Crippen LogP contribution >= 0.6 is 36.2 Å². The molecule has 0 aliphatic heterocycles. The molecule has 0 fully saturated rings. The molecule has 0 spiro atoms. The number of likely N-dealkylation sites (N-methyl/N-ethyl adjacent to an activating group) is 1. The van der Waals surface area contributed by atoms with Gasteiger partial charge in [0.05, 0.1) is 11.9 Å². The number of carbonyl (C=O) groups excluding carboxylic acids is 1. The van der Waals surface area contributed by atoms with Crippen molar-refractivity contribution in [3.63, 3.8) is 0 Å². The van der Waals surface area contributed by atoms with E-state index < -0.39 is 0 Å². The Labute approximate surface area is 140 Å². The summed E-state index contributed by atoms with van der Waals surface area (Å²) in [4.78, 5) is 21.0. The summed E-state index contributed by atoms with van der Waals surface area (Å²) >= 11 is 1.35. The van der Waals surface area contributed by atoms with Gasteiger partial charge < -0.3 is 10.6 Å². The number of amides is 1. The van der Waals surface area contributed by atoms with Gasteiger partial charge in [-0.3, -0.25) is 9.78 Å². The standard InChI is InChI=1S/C13H16N4OS.2ClH/c1-9(14-2)7-16-12(18)11-8-17-13(19-11)10-5-3-4-6-15-10;;/h3-6,8-9,14H,7H2,1-2H3,(H,16,18);2*1H. The van der Waals surface area contributed by atoms with Crippen molar-refractivity contribution < 1.29 is 4.79 Å². The maximum Gasteiger partial charge on any atom is 0.263 e. The molecule has 21 heavy (non-hydrogen) atoms. The predicted molar refractivity (Wildman–Crippen MR) is 90.7 cm³/mol. The van der Waals surface area contributed by atoms with E-state index in [0.717, 1.165) is 10.7 Å².